The maximum atomic E-state index is 11.8. The number of nitrogens with zero attached hydrogens (tertiary/aromatic N) is 2. The SMILES string of the molecule is CCC(CCc1cnn(C)c1)(CNC(=O)OC(C)(C)C)C(=O)O. The van der Waals surface area contributed by atoms with Gasteiger partial charge in [-0.3, -0.25) is 9.48 Å². The number of hydrogen-bond donors (Lipinski definition) is 2. The predicted molar refractivity (Wildman–Crippen MR) is 86.1 cm³/mol. The van der Waals surface area contributed by atoms with Crippen molar-refractivity contribution in [1.82, 2.24) is 15.1 Å². The van der Waals surface area contributed by atoms with Gasteiger partial charge in [0.1, 0.15) is 5.60 Å². The number of aliphatic carboxylic acids is 1. The molecule has 1 amide bonds. The number of rotatable bonds is 7. The Labute approximate surface area is 137 Å². The van der Waals surface area contributed by atoms with Crippen LogP contribution in [-0.4, -0.2) is 39.1 Å². The number of carboxylic acids is 1. The van der Waals surface area contributed by atoms with E-state index in [0.717, 1.165) is 5.56 Å². The van der Waals surface area contributed by atoms with Gasteiger partial charge in [-0.25, -0.2) is 4.79 Å². The molecule has 0 radical (unpaired) electrons. The van der Waals surface area contributed by atoms with Crippen LogP contribution in [0.15, 0.2) is 12.4 Å². The van der Waals surface area contributed by atoms with Crippen molar-refractivity contribution in [1.29, 1.82) is 0 Å². The van der Waals surface area contributed by atoms with Crippen LogP contribution in [0.4, 0.5) is 4.79 Å². The zero-order chi connectivity index (χ0) is 17.7. The molecule has 1 heterocycles. The first-order valence-electron chi connectivity index (χ1n) is 7.76. The van der Waals surface area contributed by atoms with E-state index >= 15 is 0 Å². The normalized spacial score (nSPS) is 14.1. The number of ether oxygens (including phenoxy) is 1. The van der Waals surface area contributed by atoms with Crippen LogP contribution in [0.3, 0.4) is 0 Å². The van der Waals surface area contributed by atoms with Crippen LogP contribution in [-0.2, 0) is 23.0 Å². The lowest BCUT2D eigenvalue weighted by Crippen LogP contribution is -2.44. The molecular weight excluding hydrogens is 298 g/mol. The Morgan fingerprint density at radius 2 is 2.04 bits per heavy atom. The molecule has 7 heteroatoms. The van der Waals surface area contributed by atoms with Crippen LogP contribution in [0.25, 0.3) is 0 Å². The minimum absolute atomic E-state index is 0.0357. The van der Waals surface area contributed by atoms with Crippen molar-refractivity contribution in [3.05, 3.63) is 18.0 Å². The largest absolute Gasteiger partial charge is 0.481 e. The fourth-order valence-corrected chi connectivity index (χ4v) is 2.26. The highest BCUT2D eigenvalue weighted by Gasteiger charge is 2.37. The molecule has 0 bridgehead atoms. The van der Waals surface area contributed by atoms with E-state index in [1.165, 1.54) is 0 Å². The third kappa shape index (κ3) is 5.92. The maximum Gasteiger partial charge on any atom is 0.407 e. The Hall–Kier alpha value is -2.05. The quantitative estimate of drug-likeness (QED) is 0.802. The van der Waals surface area contributed by atoms with Gasteiger partial charge in [0.25, 0.3) is 0 Å². The number of aryl methyl sites for hydroxylation is 2. The Kier molecular flexibility index (Phi) is 6.18. The first kappa shape index (κ1) is 19.0. The van der Waals surface area contributed by atoms with Crippen LogP contribution in [0.2, 0.25) is 0 Å². The molecule has 0 aromatic carbocycles. The van der Waals surface area contributed by atoms with Crippen molar-refractivity contribution in [3.63, 3.8) is 0 Å². The Bertz CT molecular complexity index is 548. The summed E-state index contributed by atoms with van der Waals surface area (Å²) in [7, 11) is 1.82. The van der Waals surface area contributed by atoms with Gasteiger partial charge in [-0.05, 0) is 45.6 Å². The molecule has 0 aliphatic heterocycles. The van der Waals surface area contributed by atoms with Gasteiger partial charge in [-0.2, -0.15) is 5.10 Å². The van der Waals surface area contributed by atoms with Crippen molar-refractivity contribution in [2.24, 2.45) is 12.5 Å². The van der Waals surface area contributed by atoms with E-state index < -0.39 is 23.1 Å². The molecule has 0 saturated heterocycles. The van der Waals surface area contributed by atoms with E-state index in [2.05, 4.69) is 10.4 Å². The fraction of sp³-hybridized carbons (Fsp3) is 0.688. The van der Waals surface area contributed by atoms with Crippen LogP contribution in [0.5, 0.6) is 0 Å². The topological polar surface area (TPSA) is 93.5 Å². The highest BCUT2D eigenvalue weighted by molar-refractivity contribution is 5.76. The van der Waals surface area contributed by atoms with E-state index in [1.54, 1.807) is 31.6 Å². The zero-order valence-electron chi connectivity index (χ0n) is 14.5. The number of carboxylic acid groups (broad SMARTS) is 1. The first-order chi connectivity index (χ1) is 10.6. The number of nitrogens with one attached hydrogen (secondary N) is 1. The second-order valence-electron chi connectivity index (χ2n) is 6.82. The molecule has 7 nitrogen and oxygen atoms in total. The van der Waals surface area contributed by atoms with E-state index in [9.17, 15) is 14.7 Å². The lowest BCUT2D eigenvalue weighted by atomic mass is 9.80. The van der Waals surface area contributed by atoms with E-state index in [4.69, 9.17) is 4.74 Å². The lowest BCUT2D eigenvalue weighted by Gasteiger charge is -2.29. The summed E-state index contributed by atoms with van der Waals surface area (Å²) in [5, 5.41) is 16.3. The molecule has 0 fully saturated rings. The summed E-state index contributed by atoms with van der Waals surface area (Å²) in [5.41, 5.74) is -0.659. The second kappa shape index (κ2) is 7.48. The summed E-state index contributed by atoms with van der Waals surface area (Å²) in [6.45, 7) is 7.14. The molecule has 1 aromatic heterocycles. The van der Waals surface area contributed by atoms with Gasteiger partial charge >= 0.3 is 12.1 Å². The number of aromatic nitrogens is 2. The number of amides is 1. The third-order valence-electron chi connectivity index (χ3n) is 3.75. The lowest BCUT2D eigenvalue weighted by molar-refractivity contribution is -0.149. The number of carbonyl (C=O) groups is 2. The van der Waals surface area contributed by atoms with Crippen molar-refractivity contribution < 1.29 is 19.4 Å². The molecule has 1 aromatic rings. The van der Waals surface area contributed by atoms with Gasteiger partial charge in [0.15, 0.2) is 0 Å². The zero-order valence-corrected chi connectivity index (χ0v) is 14.5. The molecule has 130 valence electrons. The Morgan fingerprint density at radius 1 is 1.39 bits per heavy atom. The second-order valence-corrected chi connectivity index (χ2v) is 6.82. The average molecular weight is 325 g/mol. The van der Waals surface area contributed by atoms with Gasteiger partial charge in [0.05, 0.1) is 11.6 Å². The molecule has 2 N–H and O–H groups in total. The van der Waals surface area contributed by atoms with E-state index in [-0.39, 0.29) is 6.54 Å². The molecule has 0 aliphatic carbocycles. The van der Waals surface area contributed by atoms with Gasteiger partial charge in [-0.15, -0.1) is 0 Å². The highest BCUT2D eigenvalue weighted by atomic mass is 16.6. The Morgan fingerprint density at radius 3 is 2.48 bits per heavy atom. The van der Waals surface area contributed by atoms with Crippen molar-refractivity contribution >= 4 is 12.1 Å². The molecular formula is C16H27N3O4. The molecule has 0 saturated carbocycles. The maximum absolute atomic E-state index is 11.8. The molecule has 1 unspecified atom stereocenters. The predicted octanol–water partition coefficient (Wildman–Crippen LogP) is 2.36. The molecule has 0 spiro atoms. The first-order valence-corrected chi connectivity index (χ1v) is 7.76. The third-order valence-corrected chi connectivity index (χ3v) is 3.75. The molecule has 1 atom stereocenters. The highest BCUT2D eigenvalue weighted by Crippen LogP contribution is 2.28. The summed E-state index contributed by atoms with van der Waals surface area (Å²) in [6.07, 6.45) is 4.41. The summed E-state index contributed by atoms with van der Waals surface area (Å²) < 4.78 is 6.85. The van der Waals surface area contributed by atoms with Crippen LogP contribution in [0, 0.1) is 5.41 Å². The summed E-state index contributed by atoms with van der Waals surface area (Å²) >= 11 is 0. The minimum Gasteiger partial charge on any atom is -0.481 e. The fourth-order valence-electron chi connectivity index (χ4n) is 2.26. The van der Waals surface area contributed by atoms with Crippen LogP contribution < -0.4 is 5.32 Å². The smallest absolute Gasteiger partial charge is 0.407 e. The van der Waals surface area contributed by atoms with Gasteiger partial charge in [0.2, 0.25) is 0 Å². The van der Waals surface area contributed by atoms with Gasteiger partial charge in [-0.1, -0.05) is 6.92 Å². The molecule has 0 aliphatic rings. The van der Waals surface area contributed by atoms with Crippen molar-refractivity contribution in [2.75, 3.05) is 6.54 Å². The molecule has 1 rings (SSSR count). The van der Waals surface area contributed by atoms with Gasteiger partial charge < -0.3 is 15.2 Å². The number of carbonyl (C=O) groups excluding carboxylic acids is 1. The minimum atomic E-state index is -1.02. The van der Waals surface area contributed by atoms with Crippen LogP contribution >= 0.6 is 0 Å². The summed E-state index contributed by atoms with van der Waals surface area (Å²) in [6, 6.07) is 0. The van der Waals surface area contributed by atoms with Crippen molar-refractivity contribution in [2.45, 2.75) is 52.6 Å². The number of alkyl carbamates (subject to hydrolysis) is 1. The average Bonchev–Trinajstić information content (AvgIpc) is 2.83. The Balaban J connectivity index is 2.70. The van der Waals surface area contributed by atoms with E-state index in [0.29, 0.717) is 19.3 Å². The molecule has 23 heavy (non-hydrogen) atoms. The standard InChI is InChI=1S/C16H27N3O4/c1-6-16(13(20)21,8-7-12-9-18-19(5)10-12)11-17-14(22)23-15(2,3)4/h9-10H,6-8,11H2,1-5H3,(H,17,22)(H,20,21). The van der Waals surface area contributed by atoms with Gasteiger partial charge in [0, 0.05) is 19.8 Å². The summed E-state index contributed by atoms with van der Waals surface area (Å²) in [4.78, 5) is 23.5. The summed E-state index contributed by atoms with van der Waals surface area (Å²) in [5.74, 6) is -0.917. The van der Waals surface area contributed by atoms with Crippen molar-refractivity contribution in [3.8, 4) is 0 Å². The van der Waals surface area contributed by atoms with E-state index in [1.807, 2.05) is 20.2 Å². The number of hydrogen-bond acceptors (Lipinski definition) is 4. The monoisotopic (exact) mass is 325 g/mol. The van der Waals surface area contributed by atoms with Crippen LogP contribution in [0.1, 0.15) is 46.1 Å².